The average Bonchev–Trinajstić information content (AvgIpc) is 3.21. The summed E-state index contributed by atoms with van der Waals surface area (Å²) >= 11 is 1.97. The number of nitrogens with zero attached hydrogens (tertiary/aromatic N) is 2. The summed E-state index contributed by atoms with van der Waals surface area (Å²) in [6, 6.07) is 6.03. The topological polar surface area (TPSA) is 51.7 Å². The molecule has 0 N–H and O–H groups in total. The first-order chi connectivity index (χ1) is 11.6. The molecule has 0 saturated carbocycles. The molecule has 1 spiro atoms. The van der Waals surface area contributed by atoms with Crippen LogP contribution in [0.4, 0.5) is 0 Å². The number of amides is 1. The molecule has 1 amide bonds. The minimum absolute atomic E-state index is 0.0909. The third kappa shape index (κ3) is 3.32. The van der Waals surface area contributed by atoms with Gasteiger partial charge in [0.15, 0.2) is 0 Å². The van der Waals surface area contributed by atoms with Gasteiger partial charge in [0, 0.05) is 31.1 Å². The number of hydrogen-bond acceptors (Lipinski definition) is 5. The first kappa shape index (κ1) is 16.4. The van der Waals surface area contributed by atoms with Crippen molar-refractivity contribution in [1.29, 1.82) is 0 Å². The zero-order valence-corrected chi connectivity index (χ0v) is 14.9. The van der Waals surface area contributed by atoms with Gasteiger partial charge in [0.1, 0.15) is 0 Å². The van der Waals surface area contributed by atoms with Crippen LogP contribution in [0.2, 0.25) is 0 Å². The maximum absolute atomic E-state index is 12.4. The van der Waals surface area contributed by atoms with Crippen molar-refractivity contribution in [2.75, 3.05) is 32.1 Å². The fourth-order valence-corrected chi connectivity index (χ4v) is 5.36. The molecule has 0 aliphatic carbocycles. The van der Waals surface area contributed by atoms with Crippen molar-refractivity contribution >= 4 is 17.7 Å². The predicted octanol–water partition coefficient (Wildman–Crippen LogP) is 2.03. The van der Waals surface area contributed by atoms with Crippen LogP contribution >= 0.6 is 11.8 Å². The van der Waals surface area contributed by atoms with E-state index in [1.54, 1.807) is 0 Å². The lowest BCUT2D eigenvalue weighted by atomic mass is 9.91. The minimum Gasteiger partial charge on any atom is -0.381 e. The van der Waals surface area contributed by atoms with Crippen molar-refractivity contribution < 1.29 is 14.3 Å². The monoisotopic (exact) mass is 348 g/mol. The number of ether oxygens (including phenoxy) is 2. The maximum atomic E-state index is 12.4. The van der Waals surface area contributed by atoms with Gasteiger partial charge in [-0.05, 0) is 31.9 Å². The molecule has 24 heavy (non-hydrogen) atoms. The molecule has 3 fully saturated rings. The summed E-state index contributed by atoms with van der Waals surface area (Å²) in [6.45, 7) is 5.65. The van der Waals surface area contributed by atoms with Crippen molar-refractivity contribution in [2.45, 2.75) is 37.2 Å². The van der Waals surface area contributed by atoms with Gasteiger partial charge < -0.3 is 14.4 Å². The molecule has 130 valence electrons. The number of likely N-dealkylation sites (tertiary alicyclic amines) is 1. The van der Waals surface area contributed by atoms with Crippen molar-refractivity contribution in [3.05, 3.63) is 29.6 Å². The van der Waals surface area contributed by atoms with Crippen LogP contribution in [0.5, 0.6) is 0 Å². The van der Waals surface area contributed by atoms with Gasteiger partial charge in [0.25, 0.3) is 0 Å². The highest BCUT2D eigenvalue weighted by Gasteiger charge is 2.51. The van der Waals surface area contributed by atoms with E-state index in [0.717, 1.165) is 49.7 Å². The van der Waals surface area contributed by atoms with Gasteiger partial charge in [-0.25, -0.2) is 0 Å². The van der Waals surface area contributed by atoms with Gasteiger partial charge >= 0.3 is 0 Å². The first-order valence-electron chi connectivity index (χ1n) is 8.68. The summed E-state index contributed by atoms with van der Waals surface area (Å²) < 4.78 is 11.6. The Morgan fingerprint density at radius 3 is 3.12 bits per heavy atom. The second-order valence-corrected chi connectivity index (χ2v) is 8.64. The molecule has 0 unspecified atom stereocenters. The average molecular weight is 348 g/mol. The van der Waals surface area contributed by atoms with Crippen LogP contribution in [0.25, 0.3) is 0 Å². The fraction of sp³-hybridized carbons (Fsp3) is 0.667. The van der Waals surface area contributed by atoms with Crippen molar-refractivity contribution in [1.82, 2.24) is 9.88 Å². The van der Waals surface area contributed by atoms with Crippen molar-refractivity contribution in [2.24, 2.45) is 5.92 Å². The molecule has 0 aromatic carbocycles. The molecule has 1 aromatic heterocycles. The van der Waals surface area contributed by atoms with Crippen LogP contribution < -0.4 is 0 Å². The smallest absolute Gasteiger partial charge is 0.228 e. The Morgan fingerprint density at radius 1 is 1.50 bits per heavy atom. The molecule has 0 bridgehead atoms. The minimum atomic E-state index is 0.0909. The standard InChI is InChI=1S/C18H24N2O3S/c1-13-3-2-4-15(19-13)9-23-16-7-18(24-10-16)11-20(12-18)17(21)14-5-6-22-8-14/h2-4,14,16H,5-12H2,1H3/t14-,16-/m1/s1. The van der Waals surface area contributed by atoms with Crippen LogP contribution in [-0.4, -0.2) is 58.7 Å². The number of carbonyl (C=O) groups excluding carboxylic acids is 1. The van der Waals surface area contributed by atoms with E-state index >= 15 is 0 Å². The summed E-state index contributed by atoms with van der Waals surface area (Å²) in [5, 5.41) is 0. The number of pyridine rings is 1. The van der Waals surface area contributed by atoms with Crippen LogP contribution in [0.1, 0.15) is 24.2 Å². The Bertz CT molecular complexity index is 612. The Hall–Kier alpha value is -1.11. The zero-order chi connectivity index (χ0) is 16.6. The highest BCUT2D eigenvalue weighted by molar-refractivity contribution is 8.01. The normalized spacial score (nSPS) is 28.3. The molecular formula is C18H24N2O3S. The molecule has 2 atom stereocenters. The third-order valence-corrected chi connectivity index (χ3v) is 6.71. The van der Waals surface area contributed by atoms with E-state index in [9.17, 15) is 4.79 Å². The van der Waals surface area contributed by atoms with Crippen molar-refractivity contribution in [3.8, 4) is 0 Å². The van der Waals surface area contributed by atoms with E-state index in [4.69, 9.17) is 9.47 Å². The van der Waals surface area contributed by atoms with Crippen LogP contribution in [-0.2, 0) is 20.9 Å². The van der Waals surface area contributed by atoms with Gasteiger partial charge in [-0.15, -0.1) is 11.8 Å². The van der Waals surface area contributed by atoms with Gasteiger partial charge in [-0.1, -0.05) is 6.07 Å². The summed E-state index contributed by atoms with van der Waals surface area (Å²) in [4.78, 5) is 18.9. The van der Waals surface area contributed by atoms with Gasteiger partial charge in [0.2, 0.25) is 5.91 Å². The first-order valence-corrected chi connectivity index (χ1v) is 9.67. The molecule has 4 rings (SSSR count). The Labute approximate surface area is 147 Å². The SMILES string of the molecule is Cc1cccc(CO[C@H]2CSC3(C2)CN(C(=O)[C@@H]2CCOC2)C3)n1. The lowest BCUT2D eigenvalue weighted by molar-refractivity contribution is -0.141. The molecule has 3 aliphatic rings. The number of aryl methyl sites for hydroxylation is 1. The van der Waals surface area contributed by atoms with E-state index in [2.05, 4.69) is 4.98 Å². The summed E-state index contributed by atoms with van der Waals surface area (Å²) in [6.07, 6.45) is 2.18. The lowest BCUT2D eigenvalue weighted by Gasteiger charge is -2.48. The van der Waals surface area contributed by atoms with E-state index in [-0.39, 0.29) is 22.7 Å². The van der Waals surface area contributed by atoms with E-state index in [1.807, 2.05) is 41.8 Å². The number of carbonyl (C=O) groups is 1. The van der Waals surface area contributed by atoms with Crippen LogP contribution in [0.3, 0.4) is 0 Å². The van der Waals surface area contributed by atoms with Crippen LogP contribution in [0.15, 0.2) is 18.2 Å². The molecule has 3 saturated heterocycles. The largest absolute Gasteiger partial charge is 0.381 e. The zero-order valence-electron chi connectivity index (χ0n) is 14.1. The number of thioether (sulfide) groups is 1. The Balaban J connectivity index is 1.24. The molecule has 5 nitrogen and oxygen atoms in total. The Morgan fingerprint density at radius 2 is 2.38 bits per heavy atom. The molecule has 4 heterocycles. The molecule has 0 radical (unpaired) electrons. The number of hydrogen-bond donors (Lipinski definition) is 0. The van der Waals surface area contributed by atoms with Crippen LogP contribution in [0, 0.1) is 12.8 Å². The second-order valence-electron chi connectivity index (χ2n) is 7.16. The molecular weight excluding hydrogens is 324 g/mol. The Kier molecular flexibility index (Phi) is 4.54. The molecule has 6 heteroatoms. The summed E-state index contributed by atoms with van der Waals surface area (Å²) in [5.41, 5.74) is 2.02. The number of rotatable bonds is 4. The van der Waals surface area contributed by atoms with E-state index < -0.39 is 0 Å². The molecule has 1 aromatic rings. The van der Waals surface area contributed by atoms with Gasteiger partial charge in [-0.2, -0.15) is 0 Å². The summed E-state index contributed by atoms with van der Waals surface area (Å²) in [7, 11) is 0. The van der Waals surface area contributed by atoms with E-state index in [0.29, 0.717) is 13.2 Å². The number of aromatic nitrogens is 1. The summed E-state index contributed by atoms with van der Waals surface area (Å²) in [5.74, 6) is 1.39. The third-order valence-electron chi connectivity index (χ3n) is 5.14. The molecule has 3 aliphatic heterocycles. The maximum Gasteiger partial charge on any atom is 0.228 e. The predicted molar refractivity (Wildman–Crippen MR) is 92.9 cm³/mol. The second kappa shape index (κ2) is 6.65. The quantitative estimate of drug-likeness (QED) is 0.833. The highest BCUT2D eigenvalue weighted by Crippen LogP contribution is 2.46. The van der Waals surface area contributed by atoms with E-state index in [1.165, 1.54) is 0 Å². The lowest BCUT2D eigenvalue weighted by Crippen LogP contribution is -2.62. The van der Waals surface area contributed by atoms with Gasteiger partial charge in [0.05, 0.1) is 35.7 Å². The highest BCUT2D eigenvalue weighted by atomic mass is 32.2. The van der Waals surface area contributed by atoms with Crippen molar-refractivity contribution in [3.63, 3.8) is 0 Å². The van der Waals surface area contributed by atoms with Gasteiger partial charge in [-0.3, -0.25) is 9.78 Å². The fourth-order valence-electron chi connectivity index (χ4n) is 3.81.